The van der Waals surface area contributed by atoms with E-state index in [1.807, 2.05) is 0 Å². The molecule has 0 spiro atoms. The summed E-state index contributed by atoms with van der Waals surface area (Å²) in [4.78, 5) is 4.82. The van der Waals surface area contributed by atoms with Gasteiger partial charge in [-0.1, -0.05) is 13.8 Å². The zero-order valence-corrected chi connectivity index (χ0v) is 12.9. The van der Waals surface area contributed by atoms with Gasteiger partial charge in [-0.15, -0.1) is 11.3 Å². The number of methoxy groups -OCH3 is 1. The molecule has 1 saturated heterocycles. The fourth-order valence-corrected chi connectivity index (χ4v) is 3.52. The van der Waals surface area contributed by atoms with E-state index >= 15 is 0 Å². The highest BCUT2D eigenvalue weighted by Crippen LogP contribution is 2.33. The van der Waals surface area contributed by atoms with Gasteiger partial charge in [-0.3, -0.25) is 0 Å². The Morgan fingerprint density at radius 1 is 1.58 bits per heavy atom. The van der Waals surface area contributed by atoms with Gasteiger partial charge >= 0.3 is 0 Å². The van der Waals surface area contributed by atoms with Crippen LogP contribution >= 0.6 is 11.3 Å². The van der Waals surface area contributed by atoms with Crippen molar-refractivity contribution in [3.05, 3.63) is 16.1 Å². The summed E-state index contributed by atoms with van der Waals surface area (Å²) in [5.74, 6) is 0.477. The van der Waals surface area contributed by atoms with E-state index in [9.17, 15) is 0 Å². The maximum absolute atomic E-state index is 5.70. The maximum Gasteiger partial charge on any atom is 0.115 e. The molecule has 0 saturated carbocycles. The summed E-state index contributed by atoms with van der Waals surface area (Å²) < 4.78 is 10.8. The average molecular weight is 284 g/mol. The van der Waals surface area contributed by atoms with Crippen molar-refractivity contribution in [2.45, 2.75) is 38.1 Å². The Bertz CT molecular complexity index is 387. The first-order valence-corrected chi connectivity index (χ1v) is 7.83. The Morgan fingerprint density at radius 3 is 3.00 bits per heavy atom. The van der Waals surface area contributed by atoms with Crippen LogP contribution in [-0.2, 0) is 15.0 Å². The van der Waals surface area contributed by atoms with Gasteiger partial charge in [-0.25, -0.2) is 4.98 Å². The summed E-state index contributed by atoms with van der Waals surface area (Å²) in [5.41, 5.74) is 1.06. The van der Waals surface area contributed by atoms with Crippen molar-refractivity contribution in [2.75, 3.05) is 33.5 Å². The number of ether oxygens (including phenoxy) is 2. The number of nitrogens with zero attached hydrogens (tertiary/aromatic N) is 1. The van der Waals surface area contributed by atoms with E-state index < -0.39 is 0 Å². The van der Waals surface area contributed by atoms with Crippen LogP contribution in [0, 0.1) is 0 Å². The molecule has 0 radical (unpaired) electrons. The number of hydrogen-bond acceptors (Lipinski definition) is 5. The summed E-state index contributed by atoms with van der Waals surface area (Å²) in [7, 11) is 1.73. The zero-order chi connectivity index (χ0) is 13.7. The molecular weight excluding hydrogens is 260 g/mol. The largest absolute Gasteiger partial charge is 0.383 e. The third-order valence-corrected chi connectivity index (χ3v) is 4.60. The van der Waals surface area contributed by atoms with E-state index in [1.54, 1.807) is 18.4 Å². The molecule has 1 atom stereocenters. The number of rotatable bonds is 6. The monoisotopic (exact) mass is 284 g/mol. The summed E-state index contributed by atoms with van der Waals surface area (Å²) in [6, 6.07) is 0. The lowest BCUT2D eigenvalue weighted by Gasteiger charge is -2.36. The van der Waals surface area contributed by atoms with Crippen molar-refractivity contribution in [3.63, 3.8) is 0 Å². The third-order valence-electron chi connectivity index (χ3n) is 3.53. The second-order valence-corrected chi connectivity index (χ2v) is 6.25. The summed E-state index contributed by atoms with van der Waals surface area (Å²) >= 11 is 1.75. The Labute approximate surface area is 119 Å². The lowest BCUT2D eigenvalue weighted by molar-refractivity contribution is 0.0150. The standard InChI is InChI=1S/C14H24N2O2S/c1-11(2)12-9-19-13(16-12)14(15-6-8-17-3)5-4-7-18-10-14/h9,11,15H,4-8,10H2,1-3H3. The molecular formula is C14H24N2O2S. The quantitative estimate of drug-likeness (QED) is 0.815. The van der Waals surface area contributed by atoms with Gasteiger partial charge in [-0.2, -0.15) is 0 Å². The molecule has 1 aliphatic heterocycles. The predicted molar refractivity (Wildman–Crippen MR) is 77.8 cm³/mol. The van der Waals surface area contributed by atoms with E-state index in [0.29, 0.717) is 19.1 Å². The molecule has 1 aromatic heterocycles. The molecule has 1 fully saturated rings. The minimum atomic E-state index is -0.116. The normalized spacial score (nSPS) is 24.0. The Kier molecular flexibility index (Phi) is 5.33. The first-order valence-electron chi connectivity index (χ1n) is 6.95. The number of aromatic nitrogens is 1. The highest BCUT2D eigenvalue weighted by atomic mass is 32.1. The highest BCUT2D eigenvalue weighted by Gasteiger charge is 2.37. The van der Waals surface area contributed by atoms with Crippen LogP contribution in [0.5, 0.6) is 0 Å². The second-order valence-electron chi connectivity index (χ2n) is 5.39. The fraction of sp³-hybridized carbons (Fsp3) is 0.786. The zero-order valence-electron chi connectivity index (χ0n) is 12.1. The molecule has 5 heteroatoms. The minimum Gasteiger partial charge on any atom is -0.383 e. The van der Waals surface area contributed by atoms with Crippen LogP contribution in [-0.4, -0.2) is 38.5 Å². The van der Waals surface area contributed by atoms with Gasteiger partial charge in [0.1, 0.15) is 5.01 Å². The Hall–Kier alpha value is -0.490. The van der Waals surface area contributed by atoms with Gasteiger partial charge in [0.2, 0.25) is 0 Å². The third kappa shape index (κ3) is 3.54. The Balaban J connectivity index is 2.15. The van der Waals surface area contributed by atoms with Crippen LogP contribution < -0.4 is 5.32 Å². The van der Waals surface area contributed by atoms with Gasteiger partial charge in [0.15, 0.2) is 0 Å². The number of thiazole rings is 1. The van der Waals surface area contributed by atoms with Crippen molar-refractivity contribution >= 4 is 11.3 Å². The average Bonchev–Trinajstić information content (AvgIpc) is 2.90. The van der Waals surface area contributed by atoms with Crippen LogP contribution in [0.2, 0.25) is 0 Å². The molecule has 1 aromatic rings. The molecule has 2 rings (SSSR count). The summed E-state index contributed by atoms with van der Waals surface area (Å²) in [5, 5.41) is 6.94. The first kappa shape index (κ1) is 14.9. The van der Waals surface area contributed by atoms with Crippen molar-refractivity contribution in [3.8, 4) is 0 Å². The molecule has 19 heavy (non-hydrogen) atoms. The van der Waals surface area contributed by atoms with E-state index in [0.717, 1.165) is 31.0 Å². The van der Waals surface area contributed by atoms with E-state index in [2.05, 4.69) is 24.5 Å². The SMILES string of the molecule is COCCNC1(c2nc(C(C)C)cs2)CCCOC1. The predicted octanol–water partition coefficient (Wildman–Crippen LogP) is 2.51. The topological polar surface area (TPSA) is 43.4 Å². The van der Waals surface area contributed by atoms with E-state index in [4.69, 9.17) is 14.5 Å². The molecule has 1 N–H and O–H groups in total. The van der Waals surface area contributed by atoms with Gasteiger partial charge in [0, 0.05) is 25.6 Å². The van der Waals surface area contributed by atoms with Crippen LogP contribution in [0.4, 0.5) is 0 Å². The van der Waals surface area contributed by atoms with E-state index in [-0.39, 0.29) is 5.54 Å². The molecule has 0 aliphatic carbocycles. The van der Waals surface area contributed by atoms with Crippen LogP contribution in [0.3, 0.4) is 0 Å². The minimum absolute atomic E-state index is 0.116. The Morgan fingerprint density at radius 2 is 2.42 bits per heavy atom. The van der Waals surface area contributed by atoms with Gasteiger partial charge < -0.3 is 14.8 Å². The molecule has 108 valence electrons. The smallest absolute Gasteiger partial charge is 0.115 e. The number of hydrogen-bond donors (Lipinski definition) is 1. The van der Waals surface area contributed by atoms with Crippen molar-refractivity contribution in [1.29, 1.82) is 0 Å². The van der Waals surface area contributed by atoms with Gasteiger partial charge in [0.25, 0.3) is 0 Å². The van der Waals surface area contributed by atoms with Crippen molar-refractivity contribution < 1.29 is 9.47 Å². The van der Waals surface area contributed by atoms with Crippen LogP contribution in [0.25, 0.3) is 0 Å². The molecule has 0 aromatic carbocycles. The van der Waals surface area contributed by atoms with Crippen molar-refractivity contribution in [1.82, 2.24) is 10.3 Å². The van der Waals surface area contributed by atoms with Crippen molar-refractivity contribution in [2.24, 2.45) is 0 Å². The maximum atomic E-state index is 5.70. The highest BCUT2D eigenvalue weighted by molar-refractivity contribution is 7.09. The fourth-order valence-electron chi connectivity index (χ4n) is 2.34. The molecule has 1 unspecified atom stereocenters. The van der Waals surface area contributed by atoms with Crippen LogP contribution in [0.1, 0.15) is 43.3 Å². The number of nitrogens with one attached hydrogen (secondary N) is 1. The summed E-state index contributed by atoms with van der Waals surface area (Å²) in [6.07, 6.45) is 2.17. The molecule has 0 amide bonds. The lowest BCUT2D eigenvalue weighted by atomic mass is 9.93. The molecule has 0 bridgehead atoms. The lowest BCUT2D eigenvalue weighted by Crippen LogP contribution is -2.49. The second kappa shape index (κ2) is 6.79. The molecule has 4 nitrogen and oxygen atoms in total. The van der Waals surface area contributed by atoms with Gasteiger partial charge in [-0.05, 0) is 18.8 Å². The van der Waals surface area contributed by atoms with E-state index in [1.165, 1.54) is 5.69 Å². The molecule has 1 aliphatic rings. The van der Waals surface area contributed by atoms with Crippen LogP contribution in [0.15, 0.2) is 5.38 Å². The summed E-state index contributed by atoms with van der Waals surface area (Å²) in [6.45, 7) is 7.47. The first-order chi connectivity index (χ1) is 9.18. The van der Waals surface area contributed by atoms with Gasteiger partial charge in [0.05, 0.1) is 24.4 Å². The molecule has 2 heterocycles.